The highest BCUT2D eigenvalue weighted by atomic mass is 35.5. The predicted octanol–water partition coefficient (Wildman–Crippen LogP) is 4.37. The summed E-state index contributed by atoms with van der Waals surface area (Å²) in [6.07, 6.45) is 5.12. The number of nitrogens with zero attached hydrogens (tertiary/aromatic N) is 2. The molecule has 0 radical (unpaired) electrons. The largest absolute Gasteiger partial charge is 0.372 e. The Balaban J connectivity index is 1.79. The average molecular weight is 273 g/mol. The van der Waals surface area contributed by atoms with Crippen LogP contribution >= 0.6 is 11.6 Å². The lowest BCUT2D eigenvalue weighted by Crippen LogP contribution is -2.17. The third kappa shape index (κ3) is 2.08. The summed E-state index contributed by atoms with van der Waals surface area (Å²) in [4.78, 5) is 7.20. The molecule has 1 saturated heterocycles. The molecular weight excluding hydrogens is 256 g/mol. The van der Waals surface area contributed by atoms with Crippen LogP contribution in [0.1, 0.15) is 37.3 Å². The zero-order valence-corrected chi connectivity index (χ0v) is 11.7. The van der Waals surface area contributed by atoms with Crippen LogP contribution < -0.4 is 4.90 Å². The van der Waals surface area contributed by atoms with Crippen molar-refractivity contribution >= 4 is 28.2 Å². The Morgan fingerprint density at radius 2 is 1.89 bits per heavy atom. The third-order valence-electron chi connectivity index (χ3n) is 4.23. The summed E-state index contributed by atoms with van der Waals surface area (Å²) in [7, 11) is 0. The van der Waals surface area contributed by atoms with Crippen molar-refractivity contribution in [3.8, 4) is 0 Å². The molecule has 19 heavy (non-hydrogen) atoms. The molecule has 0 unspecified atom stereocenters. The molecule has 0 N–H and O–H groups in total. The Labute approximate surface area is 118 Å². The smallest absolute Gasteiger partial charge is 0.0721 e. The summed E-state index contributed by atoms with van der Waals surface area (Å²) in [5, 5.41) is 1.95. The van der Waals surface area contributed by atoms with Gasteiger partial charge >= 0.3 is 0 Å². The lowest BCUT2D eigenvalue weighted by atomic mass is 10.1. The van der Waals surface area contributed by atoms with Crippen molar-refractivity contribution < 1.29 is 0 Å². The highest BCUT2D eigenvalue weighted by Gasteiger charge is 2.26. The van der Waals surface area contributed by atoms with Gasteiger partial charge in [0.2, 0.25) is 0 Å². The molecule has 2 heterocycles. The molecule has 4 rings (SSSR count). The Morgan fingerprint density at radius 1 is 1.11 bits per heavy atom. The van der Waals surface area contributed by atoms with Crippen LogP contribution in [0.3, 0.4) is 0 Å². The van der Waals surface area contributed by atoms with Crippen molar-refractivity contribution in [2.24, 2.45) is 0 Å². The van der Waals surface area contributed by atoms with E-state index in [0.29, 0.717) is 5.92 Å². The molecule has 0 bridgehead atoms. The third-order valence-corrected chi connectivity index (χ3v) is 4.54. The maximum atomic E-state index is 6.45. The van der Waals surface area contributed by atoms with Crippen LogP contribution in [0.2, 0.25) is 5.02 Å². The number of hydrogen-bond acceptors (Lipinski definition) is 2. The normalized spacial score (nSPS) is 19.3. The Bertz CT molecular complexity index is 628. The van der Waals surface area contributed by atoms with Crippen molar-refractivity contribution in [1.82, 2.24) is 4.98 Å². The molecule has 2 aromatic rings. The maximum absolute atomic E-state index is 6.45. The van der Waals surface area contributed by atoms with Gasteiger partial charge in [-0.25, -0.2) is 0 Å². The first-order valence-electron chi connectivity index (χ1n) is 7.16. The van der Waals surface area contributed by atoms with E-state index >= 15 is 0 Å². The SMILES string of the molecule is Clc1cc(C2CC2)nc2ccc(N3CCCC3)cc12. The number of halogens is 1. The number of pyridine rings is 1. The fourth-order valence-corrected chi connectivity index (χ4v) is 3.22. The number of hydrogen-bond donors (Lipinski definition) is 0. The molecule has 1 saturated carbocycles. The van der Waals surface area contributed by atoms with Gasteiger partial charge in [-0.1, -0.05) is 11.6 Å². The van der Waals surface area contributed by atoms with Gasteiger partial charge in [0, 0.05) is 35.8 Å². The lowest BCUT2D eigenvalue weighted by molar-refractivity contribution is 0.949. The molecule has 0 amide bonds. The molecule has 1 aliphatic carbocycles. The van der Waals surface area contributed by atoms with E-state index < -0.39 is 0 Å². The van der Waals surface area contributed by atoms with Gasteiger partial charge in [-0.3, -0.25) is 4.98 Å². The van der Waals surface area contributed by atoms with Crippen LogP contribution in [-0.2, 0) is 0 Å². The highest BCUT2D eigenvalue weighted by Crippen LogP contribution is 2.41. The predicted molar refractivity (Wildman–Crippen MR) is 80.2 cm³/mol. The molecule has 1 aromatic carbocycles. The van der Waals surface area contributed by atoms with E-state index in [1.165, 1.54) is 37.1 Å². The fourth-order valence-electron chi connectivity index (χ4n) is 2.95. The van der Waals surface area contributed by atoms with Gasteiger partial charge in [0.1, 0.15) is 0 Å². The molecule has 1 aliphatic heterocycles. The van der Waals surface area contributed by atoms with Gasteiger partial charge in [0.05, 0.1) is 10.5 Å². The highest BCUT2D eigenvalue weighted by molar-refractivity contribution is 6.35. The molecule has 1 aromatic heterocycles. The van der Waals surface area contributed by atoms with E-state index in [0.717, 1.165) is 29.0 Å². The van der Waals surface area contributed by atoms with Gasteiger partial charge in [-0.05, 0) is 49.9 Å². The molecule has 2 fully saturated rings. The van der Waals surface area contributed by atoms with Gasteiger partial charge in [-0.15, -0.1) is 0 Å². The fraction of sp³-hybridized carbons (Fsp3) is 0.438. The topological polar surface area (TPSA) is 16.1 Å². The number of rotatable bonds is 2. The van der Waals surface area contributed by atoms with Crippen LogP contribution in [0.4, 0.5) is 5.69 Å². The maximum Gasteiger partial charge on any atom is 0.0721 e. The van der Waals surface area contributed by atoms with E-state index in [9.17, 15) is 0 Å². The lowest BCUT2D eigenvalue weighted by Gasteiger charge is -2.18. The van der Waals surface area contributed by atoms with Crippen molar-refractivity contribution in [1.29, 1.82) is 0 Å². The van der Waals surface area contributed by atoms with Crippen molar-refractivity contribution in [3.05, 3.63) is 35.0 Å². The van der Waals surface area contributed by atoms with E-state index in [4.69, 9.17) is 16.6 Å². The van der Waals surface area contributed by atoms with Crippen molar-refractivity contribution in [3.63, 3.8) is 0 Å². The van der Waals surface area contributed by atoms with E-state index in [-0.39, 0.29) is 0 Å². The zero-order chi connectivity index (χ0) is 12.8. The summed E-state index contributed by atoms with van der Waals surface area (Å²) in [5.41, 5.74) is 3.50. The monoisotopic (exact) mass is 272 g/mol. The Morgan fingerprint density at radius 3 is 2.63 bits per heavy atom. The van der Waals surface area contributed by atoms with Crippen LogP contribution in [-0.4, -0.2) is 18.1 Å². The zero-order valence-electron chi connectivity index (χ0n) is 10.9. The van der Waals surface area contributed by atoms with Gasteiger partial charge < -0.3 is 4.90 Å². The van der Waals surface area contributed by atoms with Crippen LogP contribution in [0.5, 0.6) is 0 Å². The first-order valence-corrected chi connectivity index (χ1v) is 7.54. The summed E-state index contributed by atoms with van der Waals surface area (Å²) in [6, 6.07) is 8.58. The number of benzene rings is 1. The second-order valence-electron chi connectivity index (χ2n) is 5.70. The van der Waals surface area contributed by atoms with Gasteiger partial charge in [0.25, 0.3) is 0 Å². The first-order chi connectivity index (χ1) is 9.31. The standard InChI is InChI=1S/C16H17ClN2/c17-14-10-16(11-3-4-11)18-15-6-5-12(9-13(14)15)19-7-1-2-8-19/h5-6,9-11H,1-4,7-8H2. The minimum atomic E-state index is 0.653. The summed E-state index contributed by atoms with van der Waals surface area (Å²) < 4.78 is 0. The quantitative estimate of drug-likeness (QED) is 0.807. The molecule has 0 atom stereocenters. The van der Waals surface area contributed by atoms with Crippen molar-refractivity contribution in [2.75, 3.05) is 18.0 Å². The number of anilines is 1. The second kappa shape index (κ2) is 4.38. The summed E-state index contributed by atoms with van der Waals surface area (Å²) in [6.45, 7) is 2.33. The number of fused-ring (bicyclic) bond motifs is 1. The first kappa shape index (κ1) is 11.5. The molecule has 3 heteroatoms. The molecular formula is C16H17ClN2. The average Bonchev–Trinajstić information content (AvgIpc) is 3.14. The van der Waals surface area contributed by atoms with Crippen LogP contribution in [0.25, 0.3) is 10.9 Å². The summed E-state index contributed by atoms with van der Waals surface area (Å²) in [5.74, 6) is 0.653. The Hall–Kier alpha value is -1.28. The number of aromatic nitrogens is 1. The van der Waals surface area contributed by atoms with Crippen LogP contribution in [0.15, 0.2) is 24.3 Å². The Kier molecular flexibility index (Phi) is 2.66. The molecule has 0 spiro atoms. The van der Waals surface area contributed by atoms with Crippen LogP contribution in [0, 0.1) is 0 Å². The molecule has 2 nitrogen and oxygen atoms in total. The summed E-state index contributed by atoms with van der Waals surface area (Å²) >= 11 is 6.45. The molecule has 98 valence electrons. The van der Waals surface area contributed by atoms with Gasteiger partial charge in [0.15, 0.2) is 0 Å². The van der Waals surface area contributed by atoms with Crippen molar-refractivity contribution in [2.45, 2.75) is 31.6 Å². The minimum absolute atomic E-state index is 0.653. The van der Waals surface area contributed by atoms with E-state index in [2.05, 4.69) is 29.2 Å². The minimum Gasteiger partial charge on any atom is -0.372 e. The molecule has 2 aliphatic rings. The van der Waals surface area contributed by atoms with Gasteiger partial charge in [-0.2, -0.15) is 0 Å². The van der Waals surface area contributed by atoms with E-state index in [1.54, 1.807) is 0 Å². The second-order valence-corrected chi connectivity index (χ2v) is 6.11. The van der Waals surface area contributed by atoms with E-state index in [1.807, 2.05) is 0 Å².